The van der Waals surface area contributed by atoms with Crippen LogP contribution < -0.4 is 5.32 Å². The minimum Gasteiger partial charge on any atom is -0.307 e. The van der Waals surface area contributed by atoms with Gasteiger partial charge in [0.2, 0.25) is 0 Å². The summed E-state index contributed by atoms with van der Waals surface area (Å²) in [5, 5.41) is 3.74. The summed E-state index contributed by atoms with van der Waals surface area (Å²) in [5.41, 5.74) is 1.40. The normalized spacial score (nSPS) is 29.2. The number of hydrogen-bond donors (Lipinski definition) is 1. The van der Waals surface area contributed by atoms with Gasteiger partial charge >= 0.3 is 0 Å². The molecule has 1 heterocycles. The maximum Gasteiger partial charge on any atom is 0.0290 e. The number of piperidine rings is 1. The number of likely N-dealkylation sites (tertiary alicyclic amines) is 1. The summed E-state index contributed by atoms with van der Waals surface area (Å²) in [6, 6.07) is 1.30. The first-order valence-corrected chi connectivity index (χ1v) is 6.03. The van der Waals surface area contributed by atoms with E-state index < -0.39 is 0 Å². The lowest BCUT2D eigenvalue weighted by Crippen LogP contribution is -2.44. The first-order valence-electron chi connectivity index (χ1n) is 6.03. The van der Waals surface area contributed by atoms with E-state index in [1.165, 1.54) is 31.5 Å². The molecule has 1 aliphatic heterocycles. The molecule has 0 amide bonds. The molecule has 2 heteroatoms. The average Bonchev–Trinajstić information content (AvgIpc) is 2.25. The van der Waals surface area contributed by atoms with E-state index >= 15 is 0 Å². The first-order chi connectivity index (χ1) is 7.24. The monoisotopic (exact) mass is 206 g/mol. The second-order valence-corrected chi connectivity index (χ2v) is 4.89. The van der Waals surface area contributed by atoms with Crippen molar-refractivity contribution in [3.8, 4) is 0 Å². The third-order valence-corrected chi connectivity index (χ3v) is 3.45. The molecular formula is C13H22N2. The van der Waals surface area contributed by atoms with Crippen molar-refractivity contribution in [2.45, 2.75) is 38.3 Å². The fraction of sp³-hybridized carbons (Fsp3) is 0.692. The minimum absolute atomic E-state index is 0.571. The lowest BCUT2D eigenvalue weighted by Gasteiger charge is -2.32. The van der Waals surface area contributed by atoms with Gasteiger partial charge in [0.05, 0.1) is 0 Å². The smallest absolute Gasteiger partial charge is 0.0290 e. The zero-order chi connectivity index (χ0) is 10.7. The van der Waals surface area contributed by atoms with Crippen LogP contribution in [-0.4, -0.2) is 37.1 Å². The summed E-state index contributed by atoms with van der Waals surface area (Å²) in [6.45, 7) is 4.65. The van der Waals surface area contributed by atoms with Gasteiger partial charge in [0, 0.05) is 12.1 Å². The Hall–Kier alpha value is -0.600. The number of nitrogens with zero attached hydrogens (tertiary/aromatic N) is 1. The summed E-state index contributed by atoms with van der Waals surface area (Å²) >= 11 is 0. The highest BCUT2D eigenvalue weighted by molar-refractivity contribution is 5.23. The van der Waals surface area contributed by atoms with Gasteiger partial charge in [0.15, 0.2) is 0 Å². The quantitative estimate of drug-likeness (QED) is 0.743. The Bertz CT molecular complexity index is 260. The molecule has 0 aromatic carbocycles. The second kappa shape index (κ2) is 4.95. The molecule has 0 bridgehead atoms. The Morgan fingerprint density at radius 2 is 2.07 bits per heavy atom. The summed E-state index contributed by atoms with van der Waals surface area (Å²) in [5.74, 6) is 0. The molecule has 15 heavy (non-hydrogen) atoms. The maximum atomic E-state index is 3.74. The van der Waals surface area contributed by atoms with Crippen LogP contribution in [0.1, 0.15) is 26.2 Å². The molecule has 0 spiro atoms. The van der Waals surface area contributed by atoms with E-state index in [1.807, 2.05) is 0 Å². The van der Waals surface area contributed by atoms with Gasteiger partial charge in [-0.05, 0) is 46.3 Å². The van der Waals surface area contributed by atoms with Crippen LogP contribution in [0.4, 0.5) is 0 Å². The average molecular weight is 206 g/mol. The van der Waals surface area contributed by atoms with Crippen molar-refractivity contribution >= 4 is 0 Å². The number of hydrogen-bond acceptors (Lipinski definition) is 2. The van der Waals surface area contributed by atoms with E-state index in [0.29, 0.717) is 6.04 Å². The van der Waals surface area contributed by atoms with Crippen LogP contribution >= 0.6 is 0 Å². The Kier molecular flexibility index (Phi) is 3.60. The Labute approximate surface area is 93.0 Å². The Morgan fingerprint density at radius 3 is 2.67 bits per heavy atom. The number of nitrogens with one attached hydrogen (secondary N) is 1. The highest BCUT2D eigenvalue weighted by Gasteiger charge is 2.18. The predicted molar refractivity (Wildman–Crippen MR) is 65.0 cm³/mol. The third kappa shape index (κ3) is 3.18. The fourth-order valence-corrected chi connectivity index (χ4v) is 2.33. The Balaban J connectivity index is 1.76. The molecule has 0 radical (unpaired) electrons. The molecule has 1 atom stereocenters. The molecule has 2 nitrogen and oxygen atoms in total. The lowest BCUT2D eigenvalue weighted by atomic mass is 10.00. The molecule has 2 aliphatic rings. The molecule has 0 saturated carbocycles. The number of rotatable bonds is 2. The first kappa shape index (κ1) is 10.9. The molecule has 1 aliphatic carbocycles. The van der Waals surface area contributed by atoms with Gasteiger partial charge in [0.1, 0.15) is 0 Å². The second-order valence-electron chi connectivity index (χ2n) is 4.89. The summed E-state index contributed by atoms with van der Waals surface area (Å²) in [4.78, 5) is 2.42. The van der Waals surface area contributed by atoms with Crippen LogP contribution in [0.25, 0.3) is 0 Å². The van der Waals surface area contributed by atoms with E-state index in [0.717, 1.165) is 12.5 Å². The van der Waals surface area contributed by atoms with Gasteiger partial charge in [-0.2, -0.15) is 0 Å². The predicted octanol–water partition coefficient (Wildman–Crippen LogP) is 1.95. The van der Waals surface area contributed by atoms with Crippen molar-refractivity contribution in [1.82, 2.24) is 10.2 Å². The van der Waals surface area contributed by atoms with Gasteiger partial charge in [0.25, 0.3) is 0 Å². The van der Waals surface area contributed by atoms with E-state index in [4.69, 9.17) is 0 Å². The van der Waals surface area contributed by atoms with E-state index in [9.17, 15) is 0 Å². The lowest BCUT2D eigenvalue weighted by molar-refractivity contribution is 0.229. The van der Waals surface area contributed by atoms with E-state index in [1.54, 1.807) is 0 Å². The zero-order valence-electron chi connectivity index (χ0n) is 9.87. The summed E-state index contributed by atoms with van der Waals surface area (Å²) in [7, 11) is 2.21. The molecule has 84 valence electrons. The van der Waals surface area contributed by atoms with Gasteiger partial charge in [-0.15, -0.1) is 0 Å². The van der Waals surface area contributed by atoms with Gasteiger partial charge < -0.3 is 10.2 Å². The van der Waals surface area contributed by atoms with Crippen molar-refractivity contribution in [1.29, 1.82) is 0 Å². The van der Waals surface area contributed by atoms with Crippen molar-refractivity contribution in [2.75, 3.05) is 20.1 Å². The van der Waals surface area contributed by atoms with Crippen LogP contribution in [0, 0.1) is 0 Å². The molecule has 1 fully saturated rings. The Morgan fingerprint density at radius 1 is 1.33 bits per heavy atom. The van der Waals surface area contributed by atoms with Crippen LogP contribution in [-0.2, 0) is 0 Å². The van der Waals surface area contributed by atoms with Gasteiger partial charge in [-0.3, -0.25) is 0 Å². The van der Waals surface area contributed by atoms with Crippen LogP contribution in [0.3, 0.4) is 0 Å². The largest absolute Gasteiger partial charge is 0.307 e. The molecule has 1 unspecified atom stereocenters. The van der Waals surface area contributed by atoms with E-state index in [2.05, 4.69) is 42.4 Å². The number of allylic oxidation sites excluding steroid dienone is 2. The standard InChI is InChI=1S/C13H22N2/c1-11-3-5-12(6-4-11)14-13-7-9-15(2)10-8-13/h3-5,12-14H,6-10H2,1-2H3. The van der Waals surface area contributed by atoms with Crippen molar-refractivity contribution in [2.24, 2.45) is 0 Å². The molecule has 0 aromatic rings. The molecule has 1 N–H and O–H groups in total. The SMILES string of the molecule is CC1=CCC(NC2CCN(C)CC2)C=C1. The van der Waals surface area contributed by atoms with Crippen LogP contribution in [0.15, 0.2) is 23.8 Å². The zero-order valence-corrected chi connectivity index (χ0v) is 9.87. The van der Waals surface area contributed by atoms with Crippen molar-refractivity contribution in [3.05, 3.63) is 23.8 Å². The highest BCUT2D eigenvalue weighted by atomic mass is 15.1. The van der Waals surface area contributed by atoms with Gasteiger partial charge in [-0.1, -0.05) is 23.8 Å². The molecular weight excluding hydrogens is 184 g/mol. The van der Waals surface area contributed by atoms with Crippen molar-refractivity contribution in [3.63, 3.8) is 0 Å². The van der Waals surface area contributed by atoms with Gasteiger partial charge in [-0.25, -0.2) is 0 Å². The highest BCUT2D eigenvalue weighted by Crippen LogP contribution is 2.14. The topological polar surface area (TPSA) is 15.3 Å². The third-order valence-electron chi connectivity index (χ3n) is 3.45. The van der Waals surface area contributed by atoms with Crippen LogP contribution in [0.2, 0.25) is 0 Å². The maximum absolute atomic E-state index is 3.74. The van der Waals surface area contributed by atoms with Crippen LogP contribution in [0.5, 0.6) is 0 Å². The van der Waals surface area contributed by atoms with E-state index in [-0.39, 0.29) is 0 Å². The fourth-order valence-electron chi connectivity index (χ4n) is 2.33. The molecule has 2 rings (SSSR count). The molecule has 0 aromatic heterocycles. The summed E-state index contributed by atoms with van der Waals surface area (Å²) < 4.78 is 0. The molecule has 1 saturated heterocycles. The van der Waals surface area contributed by atoms with Crippen molar-refractivity contribution < 1.29 is 0 Å². The summed E-state index contributed by atoms with van der Waals surface area (Å²) in [6.07, 6.45) is 10.6. The minimum atomic E-state index is 0.571.